The molecule has 6 N–H and O–H groups in total. The number of aliphatic hydroxyl groups is 3. The third-order valence-corrected chi connectivity index (χ3v) is 14.4. The number of allylic oxidation sites excluding steroid dienone is 3. The van der Waals surface area contributed by atoms with Crippen LogP contribution in [0.5, 0.6) is 0 Å². The SMILES string of the molecule is C=C1CCC(OC2CC(O)(C(C)CC(=O)c3[nH]c(C)c(Cl)c3Cl)C(O)C(C)O2)C2C=CC(C)C(/C(O)=C3/N=C(C4OC(C)C(OC(N)=O)C(OC(C)=O)C4OC)OC(C(C)C)C3=O)C12. The number of nitrogens with one attached hydrogen (secondary N) is 1. The first-order chi connectivity index (χ1) is 30.0. The number of H-pyrrole nitrogens is 1. The third-order valence-electron chi connectivity index (χ3n) is 13.4. The number of hydrogen-bond acceptors (Lipinski definition) is 15. The Kier molecular flexibility index (Phi) is 15.2. The summed E-state index contributed by atoms with van der Waals surface area (Å²) in [6, 6.07) is 0. The Morgan fingerprint density at radius 3 is 2.34 bits per heavy atom. The molecule has 5 aliphatic rings. The van der Waals surface area contributed by atoms with E-state index >= 15 is 0 Å². The number of carbonyl (C=O) groups is 4. The molecule has 3 fully saturated rings. The molecular formula is C45H61Cl2N3O14. The van der Waals surface area contributed by atoms with E-state index in [9.17, 15) is 34.5 Å². The number of ketones is 2. The molecule has 2 saturated heterocycles. The largest absolute Gasteiger partial charge is 0.510 e. The first-order valence-corrected chi connectivity index (χ1v) is 22.4. The molecule has 19 heteroatoms. The number of hydrogen-bond donors (Lipinski definition) is 5. The number of aromatic nitrogens is 1. The molecule has 0 bridgehead atoms. The molecule has 2 aliphatic carbocycles. The van der Waals surface area contributed by atoms with Gasteiger partial charge in [0, 0.05) is 44.4 Å². The first kappa shape index (κ1) is 49.6. The number of rotatable bonds is 12. The van der Waals surface area contributed by atoms with Crippen LogP contribution in [0.1, 0.15) is 90.3 Å². The summed E-state index contributed by atoms with van der Waals surface area (Å²) in [7, 11) is 1.34. The van der Waals surface area contributed by atoms with E-state index < -0.39 is 108 Å². The predicted octanol–water partition coefficient (Wildman–Crippen LogP) is 5.85. The minimum atomic E-state index is -1.79. The lowest BCUT2D eigenvalue weighted by atomic mass is 9.61. The fourth-order valence-corrected chi connectivity index (χ4v) is 10.4. The maximum atomic E-state index is 14.3. The van der Waals surface area contributed by atoms with E-state index in [1.807, 2.05) is 19.1 Å². The summed E-state index contributed by atoms with van der Waals surface area (Å²) < 4.78 is 42.0. The Morgan fingerprint density at radius 2 is 1.75 bits per heavy atom. The average molecular weight is 939 g/mol. The van der Waals surface area contributed by atoms with Crippen LogP contribution in [0.3, 0.4) is 0 Å². The Labute approximate surface area is 382 Å². The average Bonchev–Trinajstić information content (AvgIpc) is 3.48. The molecule has 354 valence electrons. The topological polar surface area (TPSA) is 248 Å². The van der Waals surface area contributed by atoms with E-state index in [2.05, 4.69) is 16.6 Å². The predicted molar refractivity (Wildman–Crippen MR) is 233 cm³/mol. The van der Waals surface area contributed by atoms with E-state index in [0.717, 1.165) is 5.57 Å². The van der Waals surface area contributed by atoms with Crippen molar-refractivity contribution < 1.29 is 67.7 Å². The van der Waals surface area contributed by atoms with Gasteiger partial charge in [-0.05, 0) is 57.3 Å². The van der Waals surface area contributed by atoms with E-state index in [1.165, 1.54) is 14.0 Å². The second-order valence-electron chi connectivity index (χ2n) is 18.2. The minimum absolute atomic E-state index is 0.0934. The molecule has 1 aromatic rings. The molecule has 0 spiro atoms. The van der Waals surface area contributed by atoms with Gasteiger partial charge in [0.1, 0.15) is 29.3 Å². The highest BCUT2D eigenvalue weighted by Crippen LogP contribution is 2.50. The molecule has 0 radical (unpaired) electrons. The van der Waals surface area contributed by atoms with Gasteiger partial charge in [-0.2, -0.15) is 0 Å². The number of primary amides is 1. The molecule has 6 rings (SSSR count). The van der Waals surface area contributed by atoms with Gasteiger partial charge in [0.2, 0.25) is 11.7 Å². The lowest BCUT2D eigenvalue weighted by Crippen LogP contribution is -2.63. The maximum Gasteiger partial charge on any atom is 0.405 e. The molecule has 1 amide bonds. The lowest BCUT2D eigenvalue weighted by molar-refractivity contribution is -0.301. The van der Waals surface area contributed by atoms with Crippen LogP contribution >= 0.6 is 23.2 Å². The van der Waals surface area contributed by atoms with Gasteiger partial charge in [0.25, 0.3) is 0 Å². The number of carbonyl (C=O) groups excluding carboxylic acids is 4. The van der Waals surface area contributed by atoms with E-state index in [0.29, 0.717) is 18.5 Å². The van der Waals surface area contributed by atoms with Gasteiger partial charge in [0.05, 0.1) is 28.4 Å². The normalized spacial score (nSPS) is 37.9. The van der Waals surface area contributed by atoms with Gasteiger partial charge >= 0.3 is 12.1 Å². The van der Waals surface area contributed by atoms with Crippen molar-refractivity contribution in [3.05, 3.63) is 57.2 Å². The number of aliphatic imine (C=N–C) groups is 1. The highest BCUT2D eigenvalue weighted by Gasteiger charge is 2.55. The number of fused-ring (bicyclic) bond motifs is 1. The zero-order valence-corrected chi connectivity index (χ0v) is 39.1. The Bertz CT molecular complexity index is 2090. The van der Waals surface area contributed by atoms with Crippen molar-refractivity contribution in [1.82, 2.24) is 4.98 Å². The zero-order chi connectivity index (χ0) is 47.3. The molecule has 3 aliphatic heterocycles. The summed E-state index contributed by atoms with van der Waals surface area (Å²) in [4.78, 5) is 59.3. The first-order valence-electron chi connectivity index (χ1n) is 21.7. The fraction of sp³-hybridized carbons (Fsp3) is 0.667. The summed E-state index contributed by atoms with van der Waals surface area (Å²) in [6.07, 6.45) is -6.95. The zero-order valence-electron chi connectivity index (χ0n) is 37.5. The van der Waals surface area contributed by atoms with Crippen LogP contribution in [0, 0.1) is 42.4 Å². The number of Topliss-reactive ketones (excluding diaryl/α,β-unsaturated/α-hetero) is 2. The van der Waals surface area contributed by atoms with Crippen LogP contribution in [-0.4, -0.2) is 124 Å². The van der Waals surface area contributed by atoms with Crippen LogP contribution in [0.25, 0.3) is 0 Å². The fourth-order valence-electron chi connectivity index (χ4n) is 10.0. The Hall–Kier alpha value is -3.81. The molecule has 1 aromatic heterocycles. The molecule has 64 heavy (non-hydrogen) atoms. The monoisotopic (exact) mass is 937 g/mol. The van der Waals surface area contributed by atoms with E-state index in [4.69, 9.17) is 62.1 Å². The van der Waals surface area contributed by atoms with Gasteiger partial charge in [-0.3, -0.25) is 14.4 Å². The maximum absolute atomic E-state index is 14.3. The van der Waals surface area contributed by atoms with Crippen LogP contribution in [-0.2, 0) is 42.7 Å². The number of amides is 1. The quantitative estimate of drug-likeness (QED) is 0.0543. The van der Waals surface area contributed by atoms with Crippen LogP contribution in [0.2, 0.25) is 10.0 Å². The number of nitrogens with two attached hydrogens (primary N) is 1. The highest BCUT2D eigenvalue weighted by molar-refractivity contribution is 6.44. The van der Waals surface area contributed by atoms with Crippen molar-refractivity contribution in [1.29, 1.82) is 0 Å². The Morgan fingerprint density at radius 1 is 1.06 bits per heavy atom. The molecule has 1 saturated carbocycles. The van der Waals surface area contributed by atoms with Crippen molar-refractivity contribution in [2.24, 2.45) is 46.2 Å². The van der Waals surface area contributed by atoms with Gasteiger partial charge in [-0.15, -0.1) is 0 Å². The van der Waals surface area contributed by atoms with Crippen LogP contribution in [0.15, 0.2) is 40.8 Å². The van der Waals surface area contributed by atoms with Gasteiger partial charge in [0.15, 0.2) is 42.2 Å². The van der Waals surface area contributed by atoms with Crippen molar-refractivity contribution in [2.45, 2.75) is 148 Å². The highest BCUT2D eigenvalue weighted by atomic mass is 35.5. The number of esters is 1. The van der Waals surface area contributed by atoms with E-state index in [-0.39, 0.29) is 63.6 Å². The van der Waals surface area contributed by atoms with Crippen molar-refractivity contribution >= 4 is 52.7 Å². The summed E-state index contributed by atoms with van der Waals surface area (Å²) in [5.74, 6) is -5.03. The summed E-state index contributed by atoms with van der Waals surface area (Å²) in [5, 5.41) is 36.2. The van der Waals surface area contributed by atoms with Crippen molar-refractivity contribution in [3.8, 4) is 0 Å². The summed E-state index contributed by atoms with van der Waals surface area (Å²) in [6.45, 7) is 17.7. The molecule has 4 heterocycles. The number of halogens is 2. The number of aliphatic hydroxyl groups excluding tert-OH is 2. The summed E-state index contributed by atoms with van der Waals surface area (Å²) in [5.41, 5.74) is 4.80. The number of methoxy groups -OCH3 is 1. The van der Waals surface area contributed by atoms with Crippen LogP contribution in [0.4, 0.5) is 4.79 Å². The number of ether oxygens (including phenoxy) is 7. The minimum Gasteiger partial charge on any atom is -0.510 e. The number of nitrogens with zero attached hydrogens (tertiary/aromatic N) is 1. The molecule has 16 unspecified atom stereocenters. The summed E-state index contributed by atoms with van der Waals surface area (Å²) >= 11 is 12.5. The molecular weight excluding hydrogens is 877 g/mol. The second-order valence-corrected chi connectivity index (χ2v) is 19.0. The number of aromatic amines is 1. The van der Waals surface area contributed by atoms with Gasteiger partial charge in [-0.25, -0.2) is 9.79 Å². The molecule has 0 aromatic carbocycles. The molecule has 16 atom stereocenters. The standard InChI is InChI=1S/C45H61Cl2N3O14/c1-17(2)37-36(54)34(50-43(63-37)41-39(58-10)40(61-24(9)51)38(22(7)60-41)64-44(48)56)35(53)30-19(4)11-13-25-27(14-12-18(3)29(25)30)62-28-16-45(57,42(55)23(8)59-28)20(5)15-26(52)33-32(47)31(46)21(6)49-33/h11,13,17,19-20,22-23,25,27-30,37-42,49,53,55,57H,3,12,14-16H2,1-2,4-10H3,(H2,48,56)/b35-34-. The van der Waals surface area contributed by atoms with Crippen molar-refractivity contribution in [3.63, 3.8) is 0 Å². The smallest absolute Gasteiger partial charge is 0.405 e. The second kappa shape index (κ2) is 19.6. The van der Waals surface area contributed by atoms with Crippen LogP contribution < -0.4 is 5.73 Å². The van der Waals surface area contributed by atoms with Gasteiger partial charge in [-0.1, -0.05) is 75.2 Å². The van der Waals surface area contributed by atoms with Crippen molar-refractivity contribution in [2.75, 3.05) is 7.11 Å². The third kappa shape index (κ3) is 9.55. The number of aryl methyl sites for hydroxylation is 1. The van der Waals surface area contributed by atoms with E-state index in [1.54, 1.807) is 41.5 Å². The van der Waals surface area contributed by atoms with Gasteiger partial charge < -0.3 is 59.2 Å². The Balaban J connectivity index is 1.29. The lowest BCUT2D eigenvalue weighted by Gasteiger charge is -2.50. The molecule has 17 nitrogen and oxygen atoms in total.